The first-order valence-electron chi connectivity index (χ1n) is 7.88. The molecule has 0 bridgehead atoms. The smallest absolute Gasteiger partial charge is 0.258 e. The molecule has 4 nitrogen and oxygen atoms in total. The average molecular weight is 335 g/mol. The molecule has 1 fully saturated rings. The van der Waals surface area contributed by atoms with Gasteiger partial charge in [-0.1, -0.05) is 42.8 Å². The number of hydrogen-bond donors (Lipinski definition) is 2. The second kappa shape index (κ2) is 8.18. The van der Waals surface area contributed by atoms with E-state index in [-0.39, 0.29) is 31.0 Å². The Morgan fingerprint density at radius 2 is 1.96 bits per heavy atom. The highest BCUT2D eigenvalue weighted by atomic mass is 35.5. The summed E-state index contributed by atoms with van der Waals surface area (Å²) in [7, 11) is 0. The fourth-order valence-electron chi connectivity index (χ4n) is 3.22. The molecule has 0 spiro atoms. The summed E-state index contributed by atoms with van der Waals surface area (Å²) in [4.78, 5) is 12.1. The van der Waals surface area contributed by atoms with Crippen molar-refractivity contribution in [1.29, 1.82) is 0 Å². The summed E-state index contributed by atoms with van der Waals surface area (Å²) in [5, 5.41) is 5.19. The van der Waals surface area contributed by atoms with E-state index in [2.05, 4.69) is 5.32 Å². The van der Waals surface area contributed by atoms with Crippen molar-refractivity contribution in [2.24, 2.45) is 11.7 Å². The van der Waals surface area contributed by atoms with Crippen LogP contribution in [0.4, 0.5) is 0 Å². The van der Waals surface area contributed by atoms with E-state index in [1.54, 1.807) is 0 Å². The molecule has 2 aromatic rings. The summed E-state index contributed by atoms with van der Waals surface area (Å²) in [6.45, 7) is 0.678. The van der Waals surface area contributed by atoms with Gasteiger partial charge in [-0.2, -0.15) is 0 Å². The summed E-state index contributed by atoms with van der Waals surface area (Å²) in [5.74, 6) is 1.08. The molecule has 0 saturated heterocycles. The minimum atomic E-state index is -0.0710. The number of nitrogens with one attached hydrogen (secondary N) is 1. The Labute approximate surface area is 142 Å². The van der Waals surface area contributed by atoms with Crippen LogP contribution in [0, 0.1) is 5.92 Å². The minimum absolute atomic E-state index is 0. The van der Waals surface area contributed by atoms with Crippen LogP contribution in [0.3, 0.4) is 0 Å². The van der Waals surface area contributed by atoms with Crippen LogP contribution in [-0.4, -0.2) is 25.1 Å². The normalized spacial score (nSPS) is 20.0. The van der Waals surface area contributed by atoms with Gasteiger partial charge in [0.25, 0.3) is 5.91 Å². The van der Waals surface area contributed by atoms with Crippen LogP contribution in [0.5, 0.6) is 5.75 Å². The van der Waals surface area contributed by atoms with Crippen molar-refractivity contribution in [1.82, 2.24) is 5.32 Å². The number of halogens is 1. The molecule has 2 atom stereocenters. The van der Waals surface area contributed by atoms with E-state index < -0.39 is 0 Å². The number of benzene rings is 2. The maximum Gasteiger partial charge on any atom is 0.258 e. The van der Waals surface area contributed by atoms with Crippen molar-refractivity contribution < 1.29 is 9.53 Å². The van der Waals surface area contributed by atoms with Gasteiger partial charge in [-0.3, -0.25) is 4.79 Å². The first-order chi connectivity index (χ1) is 10.8. The zero-order chi connectivity index (χ0) is 15.4. The predicted molar refractivity (Wildman–Crippen MR) is 95.0 cm³/mol. The summed E-state index contributed by atoms with van der Waals surface area (Å²) >= 11 is 0. The lowest BCUT2D eigenvalue weighted by Gasteiger charge is -2.19. The Kier molecular flexibility index (Phi) is 6.25. The fraction of sp³-hybridized carbons (Fsp3) is 0.389. The fourth-order valence-corrected chi connectivity index (χ4v) is 3.22. The zero-order valence-corrected chi connectivity index (χ0v) is 13.9. The molecule has 1 aliphatic carbocycles. The van der Waals surface area contributed by atoms with Crippen LogP contribution in [0.15, 0.2) is 42.5 Å². The minimum Gasteiger partial charge on any atom is -0.483 e. The predicted octanol–water partition coefficient (Wildman–Crippen LogP) is 2.88. The first-order valence-corrected chi connectivity index (χ1v) is 7.88. The lowest BCUT2D eigenvalue weighted by atomic mass is 10.0. The van der Waals surface area contributed by atoms with Crippen molar-refractivity contribution in [3.05, 3.63) is 42.5 Å². The van der Waals surface area contributed by atoms with E-state index in [0.29, 0.717) is 12.5 Å². The lowest BCUT2D eigenvalue weighted by molar-refractivity contribution is -0.124. The number of amides is 1. The van der Waals surface area contributed by atoms with Gasteiger partial charge in [0.2, 0.25) is 0 Å². The second-order valence-electron chi connectivity index (χ2n) is 5.87. The maximum absolute atomic E-state index is 12.1. The van der Waals surface area contributed by atoms with Crippen LogP contribution in [0.1, 0.15) is 19.3 Å². The van der Waals surface area contributed by atoms with E-state index in [1.807, 2.05) is 42.5 Å². The molecule has 0 radical (unpaired) electrons. The Bertz CT molecular complexity index is 657. The monoisotopic (exact) mass is 334 g/mol. The SMILES string of the molecule is Cl.NCC1CCCC1NC(=O)COc1cccc2ccccc12. The Balaban J connectivity index is 0.00000192. The van der Waals surface area contributed by atoms with E-state index >= 15 is 0 Å². The van der Waals surface area contributed by atoms with Crippen LogP contribution in [0.25, 0.3) is 10.8 Å². The maximum atomic E-state index is 12.1. The highest BCUT2D eigenvalue weighted by Gasteiger charge is 2.27. The molecule has 0 aliphatic heterocycles. The number of hydrogen-bond acceptors (Lipinski definition) is 3. The molecule has 124 valence electrons. The van der Waals surface area contributed by atoms with Gasteiger partial charge >= 0.3 is 0 Å². The molecule has 2 aromatic carbocycles. The molecule has 3 rings (SSSR count). The topological polar surface area (TPSA) is 64.3 Å². The van der Waals surface area contributed by atoms with Crippen LogP contribution in [-0.2, 0) is 4.79 Å². The van der Waals surface area contributed by atoms with Gasteiger partial charge < -0.3 is 15.8 Å². The van der Waals surface area contributed by atoms with Gasteiger partial charge in [0.1, 0.15) is 5.75 Å². The van der Waals surface area contributed by atoms with Crippen LogP contribution < -0.4 is 15.8 Å². The molecule has 1 amide bonds. The third-order valence-corrected chi connectivity index (χ3v) is 4.42. The number of carbonyl (C=O) groups excluding carboxylic acids is 1. The molecular weight excluding hydrogens is 312 g/mol. The summed E-state index contributed by atoms with van der Waals surface area (Å²) in [5.41, 5.74) is 5.74. The van der Waals surface area contributed by atoms with Crippen molar-refractivity contribution in [3.8, 4) is 5.75 Å². The first kappa shape index (κ1) is 17.6. The molecule has 1 saturated carbocycles. The highest BCUT2D eigenvalue weighted by molar-refractivity contribution is 5.88. The van der Waals surface area contributed by atoms with Gasteiger partial charge in [0.15, 0.2) is 6.61 Å². The summed E-state index contributed by atoms with van der Waals surface area (Å²) < 4.78 is 5.72. The van der Waals surface area contributed by atoms with E-state index in [4.69, 9.17) is 10.5 Å². The van der Waals surface area contributed by atoms with Gasteiger partial charge in [-0.05, 0) is 36.8 Å². The highest BCUT2D eigenvalue weighted by Crippen LogP contribution is 2.26. The van der Waals surface area contributed by atoms with Crippen molar-refractivity contribution >= 4 is 29.1 Å². The van der Waals surface area contributed by atoms with Gasteiger partial charge in [-0.15, -0.1) is 12.4 Å². The Hall–Kier alpha value is -1.78. The molecule has 1 aliphatic rings. The Morgan fingerprint density at radius 1 is 1.17 bits per heavy atom. The standard InChI is InChI=1S/C18H22N2O2.ClH/c19-11-14-7-3-9-16(14)20-18(21)12-22-17-10-4-6-13-5-1-2-8-15(13)17;/h1-2,4-6,8,10,14,16H,3,7,9,11-12,19H2,(H,20,21);1H. The average Bonchev–Trinajstić information content (AvgIpc) is 3.00. The number of rotatable bonds is 5. The number of fused-ring (bicyclic) bond motifs is 1. The molecule has 2 unspecified atom stereocenters. The van der Waals surface area contributed by atoms with Crippen molar-refractivity contribution in [2.45, 2.75) is 25.3 Å². The van der Waals surface area contributed by atoms with Crippen LogP contribution in [0.2, 0.25) is 0 Å². The van der Waals surface area contributed by atoms with Gasteiger partial charge in [-0.25, -0.2) is 0 Å². The number of carbonyl (C=O) groups is 1. The molecule has 0 aromatic heterocycles. The summed E-state index contributed by atoms with van der Waals surface area (Å²) in [6.07, 6.45) is 3.25. The van der Waals surface area contributed by atoms with E-state index in [9.17, 15) is 4.79 Å². The zero-order valence-electron chi connectivity index (χ0n) is 13.0. The lowest BCUT2D eigenvalue weighted by Crippen LogP contribution is -2.42. The molecule has 0 heterocycles. The van der Waals surface area contributed by atoms with Crippen molar-refractivity contribution in [2.75, 3.05) is 13.2 Å². The molecule has 5 heteroatoms. The number of nitrogens with two attached hydrogens (primary N) is 1. The largest absolute Gasteiger partial charge is 0.483 e. The third kappa shape index (κ3) is 4.15. The van der Waals surface area contributed by atoms with Gasteiger partial charge in [0.05, 0.1) is 0 Å². The summed E-state index contributed by atoms with van der Waals surface area (Å²) in [6, 6.07) is 14.1. The van der Waals surface area contributed by atoms with E-state index in [1.165, 1.54) is 0 Å². The van der Waals surface area contributed by atoms with Gasteiger partial charge in [0, 0.05) is 11.4 Å². The van der Waals surface area contributed by atoms with Crippen LogP contribution >= 0.6 is 12.4 Å². The third-order valence-electron chi connectivity index (χ3n) is 4.42. The molecule has 3 N–H and O–H groups in total. The van der Waals surface area contributed by atoms with E-state index in [0.717, 1.165) is 35.8 Å². The molecule has 23 heavy (non-hydrogen) atoms. The second-order valence-corrected chi connectivity index (χ2v) is 5.87. The Morgan fingerprint density at radius 3 is 2.78 bits per heavy atom. The van der Waals surface area contributed by atoms with Crippen molar-refractivity contribution in [3.63, 3.8) is 0 Å². The molecular formula is C18H23ClN2O2. The quantitative estimate of drug-likeness (QED) is 0.883. The number of ether oxygens (including phenoxy) is 1.